The summed E-state index contributed by atoms with van der Waals surface area (Å²) in [6.07, 6.45) is 7.62. The molecule has 8 rings (SSSR count). The van der Waals surface area contributed by atoms with Gasteiger partial charge in [0.25, 0.3) is 0 Å². The molecule has 0 saturated heterocycles. The second-order valence-electron chi connectivity index (χ2n) is 26.4. The van der Waals surface area contributed by atoms with Crippen LogP contribution in [0.25, 0.3) is 9.53 Å². The summed E-state index contributed by atoms with van der Waals surface area (Å²) in [7, 11) is -3.21. The quantitative estimate of drug-likeness (QED) is 0.159. The molecule has 0 saturated carbocycles. The molecule has 402 valence electrons. The molecule has 2 aliphatic heterocycles. The van der Waals surface area contributed by atoms with Crippen molar-refractivity contribution in [2.24, 2.45) is 28.2 Å². The summed E-state index contributed by atoms with van der Waals surface area (Å²) >= 11 is 7.17. The number of thiophene rings is 3. The van der Waals surface area contributed by atoms with Gasteiger partial charge in [-0.2, -0.15) is 4.31 Å². The number of benzene rings is 1. The van der Waals surface area contributed by atoms with Crippen molar-refractivity contribution in [3.63, 3.8) is 0 Å². The fraction of sp³-hybridized carbons (Fsp3) is 0.645. The van der Waals surface area contributed by atoms with Crippen molar-refractivity contribution in [1.29, 1.82) is 0 Å². The van der Waals surface area contributed by atoms with Crippen LogP contribution in [0.5, 0.6) is 0 Å². The van der Waals surface area contributed by atoms with E-state index < -0.39 is 10.0 Å². The summed E-state index contributed by atoms with van der Waals surface area (Å²) in [5, 5.41) is 2.49. The third-order valence-electron chi connectivity index (χ3n) is 13.7. The van der Waals surface area contributed by atoms with Crippen molar-refractivity contribution in [3.8, 4) is 0 Å². The number of aliphatic imine (C=N–C) groups is 1. The monoisotopic (exact) mass is 1080 g/mol. The second kappa shape index (κ2) is 24.7. The number of aromatic nitrogens is 1. The van der Waals surface area contributed by atoms with Crippen LogP contribution in [0.15, 0.2) is 64.0 Å². The van der Waals surface area contributed by atoms with Crippen molar-refractivity contribution in [2.45, 2.75) is 243 Å². The van der Waals surface area contributed by atoms with Crippen LogP contribution in [0, 0.1) is 23.2 Å². The smallest absolute Gasteiger partial charge is 0.244 e. The molecule has 1 atom stereocenters. The molecule has 1 unspecified atom stereocenters. The maximum absolute atomic E-state index is 12.2. The molecule has 0 radical (unpaired) electrons. The normalized spacial score (nSPS) is 17.0. The lowest BCUT2D eigenvalue weighted by molar-refractivity contribution is 0.344. The summed E-state index contributed by atoms with van der Waals surface area (Å²) < 4.78 is 27.3. The molecule has 1 aliphatic carbocycles. The van der Waals surface area contributed by atoms with E-state index in [2.05, 4.69) is 195 Å². The first-order chi connectivity index (χ1) is 32.9. The molecule has 1 aromatic carbocycles. The van der Waals surface area contributed by atoms with Gasteiger partial charge in [0, 0.05) is 55.1 Å². The van der Waals surface area contributed by atoms with Crippen LogP contribution < -0.4 is 0 Å². The van der Waals surface area contributed by atoms with Gasteiger partial charge in [0.05, 0.1) is 9.60 Å². The second-order valence-corrected chi connectivity index (χ2v) is 32.5. The van der Waals surface area contributed by atoms with Crippen LogP contribution in [0.3, 0.4) is 0 Å². The number of rotatable bonds is 6. The summed E-state index contributed by atoms with van der Waals surface area (Å²) in [4.78, 5) is 16.3. The number of sulfonamides is 1. The van der Waals surface area contributed by atoms with Gasteiger partial charge in [-0.1, -0.05) is 188 Å². The molecule has 5 nitrogen and oxygen atoms in total. The highest BCUT2D eigenvalue weighted by atomic mass is 32.2. The van der Waals surface area contributed by atoms with Gasteiger partial charge in [0.1, 0.15) is 14.8 Å². The maximum Gasteiger partial charge on any atom is 0.244 e. The number of hydrogen-bond donors (Lipinski definition) is 0. The Morgan fingerprint density at radius 3 is 1.54 bits per heavy atom. The molecule has 10 heteroatoms. The van der Waals surface area contributed by atoms with Crippen molar-refractivity contribution >= 4 is 75.6 Å². The van der Waals surface area contributed by atoms with Crippen LogP contribution >= 0.6 is 45.3 Å². The van der Waals surface area contributed by atoms with E-state index in [9.17, 15) is 8.42 Å². The number of thiazole rings is 1. The van der Waals surface area contributed by atoms with Gasteiger partial charge in [0.2, 0.25) is 10.0 Å². The SMILES string of the molecule is CC(C)(C)C1=Nc2sc(C(C)(C)C)cc2C1.CC(C)(C)c1cc2sc(C(C)(C)C)nc2s1.CC(C)C1=CCC(C(C)C)CC1.CC(C)c1cc2c(s1)CN(C(C)C)S2(=O)=O.CC(C)c1ccc(C(C)C)cc1. The van der Waals surface area contributed by atoms with Gasteiger partial charge in [-0.25, -0.2) is 18.4 Å². The summed E-state index contributed by atoms with van der Waals surface area (Å²) in [6, 6.07) is 15.5. The zero-order valence-electron chi connectivity index (χ0n) is 49.4. The highest BCUT2D eigenvalue weighted by molar-refractivity contribution is 7.89. The van der Waals surface area contributed by atoms with E-state index in [1.165, 1.54) is 71.0 Å². The Morgan fingerprint density at radius 1 is 0.625 bits per heavy atom. The molecule has 0 amide bonds. The van der Waals surface area contributed by atoms with E-state index in [1.807, 2.05) is 53.9 Å². The molecular weight excluding hydrogens is 979 g/mol. The standard InChI is InChI=1S/C14H21NS.C13H19NS2.C12H22.C12H18.C11H17NO2S2/c1-13(2,3)10-7-9-8-11(14(4,5)6)16-12(9)15-10;1-12(2,3)9-7-8-10(16-9)14-11(15-8)13(4,5)6;2*1-9(2)11-5-7-12(8-6-11)10(3)4;1-7(2)9-5-11-10(15-9)6-12(8(3)4)16(11,13)14/h8H,7H2,1-6H3;7H,1-6H3;5,9-10,12H,6-8H2,1-4H3;5-10H,1-4H3;5,7-8H,6H2,1-4H3. The molecule has 72 heavy (non-hydrogen) atoms. The minimum atomic E-state index is -3.21. The van der Waals surface area contributed by atoms with Crippen LogP contribution in [-0.2, 0) is 39.2 Å². The minimum absolute atomic E-state index is 0.0344. The summed E-state index contributed by atoms with van der Waals surface area (Å²) in [6.45, 7) is 53.7. The van der Waals surface area contributed by atoms with Gasteiger partial charge in [-0.3, -0.25) is 0 Å². The number of allylic oxidation sites excluding steroid dienone is 2. The lowest BCUT2D eigenvalue weighted by Gasteiger charge is -2.26. The largest absolute Gasteiger partial charge is 0.246 e. The van der Waals surface area contributed by atoms with Gasteiger partial charge < -0.3 is 0 Å². The van der Waals surface area contributed by atoms with E-state index in [0.717, 1.165) is 33.9 Å². The van der Waals surface area contributed by atoms with Gasteiger partial charge >= 0.3 is 0 Å². The van der Waals surface area contributed by atoms with Crippen molar-refractivity contribution < 1.29 is 8.42 Å². The lowest BCUT2D eigenvalue weighted by Crippen LogP contribution is -2.31. The van der Waals surface area contributed by atoms with Crippen molar-refractivity contribution in [2.75, 3.05) is 0 Å². The van der Waals surface area contributed by atoms with Gasteiger partial charge in [-0.05, 0) is 114 Å². The molecule has 5 aromatic rings. The van der Waals surface area contributed by atoms with E-state index in [4.69, 9.17) is 9.98 Å². The molecule has 4 aromatic heterocycles. The predicted molar refractivity (Wildman–Crippen MR) is 324 cm³/mol. The third-order valence-corrected chi connectivity index (χ3v) is 21.9. The topological polar surface area (TPSA) is 62.6 Å². The Kier molecular flexibility index (Phi) is 21.3. The van der Waals surface area contributed by atoms with Crippen molar-refractivity contribution in [1.82, 2.24) is 9.29 Å². The van der Waals surface area contributed by atoms with E-state index in [0.29, 0.717) is 29.2 Å². The highest BCUT2D eigenvalue weighted by Crippen LogP contribution is 2.44. The number of fused-ring (bicyclic) bond motifs is 3. The maximum atomic E-state index is 12.2. The average Bonchev–Trinajstić information content (AvgIpc) is 4.10. The van der Waals surface area contributed by atoms with E-state index >= 15 is 0 Å². The van der Waals surface area contributed by atoms with Crippen LogP contribution in [0.4, 0.5) is 5.00 Å². The first-order valence-corrected chi connectivity index (χ1v) is 31.7. The number of nitrogens with zero attached hydrogens (tertiary/aromatic N) is 3. The van der Waals surface area contributed by atoms with Crippen LogP contribution in [-0.4, -0.2) is 29.5 Å². The zero-order valence-corrected chi connectivity index (χ0v) is 53.5. The Bertz CT molecular complexity index is 2580. The first-order valence-electron chi connectivity index (χ1n) is 27.0. The molecule has 0 N–H and O–H groups in total. The summed E-state index contributed by atoms with van der Waals surface area (Å²) in [5.74, 6) is 4.29. The Morgan fingerprint density at radius 2 is 1.17 bits per heavy atom. The molecular formula is C62H97N3O2S5. The zero-order chi connectivity index (χ0) is 54.6. The minimum Gasteiger partial charge on any atom is -0.246 e. The Balaban J connectivity index is 0.000000197. The Labute approximate surface area is 456 Å². The first kappa shape index (κ1) is 62.1. The molecule has 0 fully saturated rings. The third kappa shape index (κ3) is 16.8. The molecule has 0 bridgehead atoms. The fourth-order valence-corrected chi connectivity index (χ4v) is 15.2. The van der Waals surface area contributed by atoms with Crippen LogP contribution in [0.2, 0.25) is 0 Å². The predicted octanol–water partition coefficient (Wildman–Crippen LogP) is 20.4. The highest BCUT2D eigenvalue weighted by Gasteiger charge is 2.38. The van der Waals surface area contributed by atoms with E-state index in [1.54, 1.807) is 21.2 Å². The molecule has 0 spiro atoms. The average molecular weight is 1080 g/mol. The van der Waals surface area contributed by atoms with Gasteiger partial charge in [-0.15, -0.1) is 45.3 Å². The fourth-order valence-electron chi connectivity index (χ4n) is 8.34. The number of hydrogen-bond acceptors (Lipinski definition) is 8. The molecule has 6 heterocycles. The molecule has 3 aliphatic rings. The Hall–Kier alpha value is -2.47. The van der Waals surface area contributed by atoms with E-state index in [-0.39, 0.29) is 27.7 Å². The van der Waals surface area contributed by atoms with Crippen molar-refractivity contribution in [3.05, 3.63) is 95.3 Å². The lowest BCUT2D eigenvalue weighted by atomic mass is 9.80. The van der Waals surface area contributed by atoms with Crippen LogP contribution in [0.1, 0.15) is 244 Å². The summed E-state index contributed by atoms with van der Waals surface area (Å²) in [5.41, 5.74) is 8.19. The van der Waals surface area contributed by atoms with Gasteiger partial charge in [0.15, 0.2) is 0 Å².